The van der Waals surface area contributed by atoms with Crippen molar-refractivity contribution < 1.29 is 14.3 Å². The highest BCUT2D eigenvalue weighted by Gasteiger charge is 2.30. The Morgan fingerprint density at radius 2 is 2.03 bits per heavy atom. The smallest absolute Gasteiger partial charge is 0.237 e. The maximum Gasteiger partial charge on any atom is 0.237 e. The molecule has 1 fully saturated rings. The maximum atomic E-state index is 13.0. The van der Waals surface area contributed by atoms with Crippen LogP contribution in [-0.2, 0) is 4.79 Å². The van der Waals surface area contributed by atoms with E-state index in [2.05, 4.69) is 32.0 Å². The van der Waals surface area contributed by atoms with Crippen LogP contribution in [0.5, 0.6) is 11.5 Å². The second-order valence-electron chi connectivity index (χ2n) is 8.56. The van der Waals surface area contributed by atoms with Crippen molar-refractivity contribution >= 4 is 23.4 Å². The first-order valence-electron chi connectivity index (χ1n) is 11.3. The Kier molecular flexibility index (Phi) is 6.22. The minimum atomic E-state index is -0.362. The van der Waals surface area contributed by atoms with E-state index in [1.54, 1.807) is 18.3 Å². The first kappa shape index (κ1) is 21.8. The number of fused-ring (bicyclic) bond motifs is 1. The standard InChI is InChI=1S/C24H27N5O3S/c1-15-6-3-4-8-19(15)29-22(17-7-5-11-25-13-17)27-28-24(29)33-16(2)23(30)26-18-9-10-20-21(12-18)32-14-31-20/h5,7,9-13,15-16,19H,3-4,6,8,14H2,1-2H3,(H,26,30)/t15-,16-,19-/m0/s1. The molecule has 8 nitrogen and oxygen atoms in total. The van der Waals surface area contributed by atoms with E-state index in [1.165, 1.54) is 31.0 Å². The molecule has 1 N–H and O–H groups in total. The van der Waals surface area contributed by atoms with Gasteiger partial charge in [-0.1, -0.05) is 31.5 Å². The summed E-state index contributed by atoms with van der Waals surface area (Å²) in [6.07, 6.45) is 8.27. The van der Waals surface area contributed by atoms with Crippen LogP contribution < -0.4 is 14.8 Å². The predicted molar refractivity (Wildman–Crippen MR) is 126 cm³/mol. The lowest BCUT2D eigenvalue weighted by Crippen LogP contribution is -2.25. The highest BCUT2D eigenvalue weighted by molar-refractivity contribution is 8.00. The average molecular weight is 466 g/mol. The molecule has 1 saturated carbocycles. The molecule has 1 aliphatic carbocycles. The lowest BCUT2D eigenvalue weighted by Gasteiger charge is -2.31. The van der Waals surface area contributed by atoms with E-state index in [4.69, 9.17) is 9.47 Å². The van der Waals surface area contributed by atoms with Crippen LogP contribution in [0.3, 0.4) is 0 Å². The van der Waals surface area contributed by atoms with Crippen LogP contribution in [0.1, 0.15) is 45.6 Å². The van der Waals surface area contributed by atoms with Gasteiger partial charge in [0.2, 0.25) is 12.7 Å². The number of ether oxygens (including phenoxy) is 2. The number of thioether (sulfide) groups is 1. The van der Waals surface area contributed by atoms with Gasteiger partial charge in [-0.2, -0.15) is 0 Å². The SMILES string of the molecule is C[C@H](Sc1nnc(-c2cccnc2)n1[C@H]1CCCC[C@@H]1C)C(=O)Nc1ccc2c(c1)OCO2. The monoisotopic (exact) mass is 465 g/mol. The van der Waals surface area contributed by atoms with Gasteiger partial charge in [-0.05, 0) is 49.9 Å². The second-order valence-corrected chi connectivity index (χ2v) is 9.87. The van der Waals surface area contributed by atoms with Crippen molar-refractivity contribution in [3.8, 4) is 22.9 Å². The molecule has 1 amide bonds. The molecule has 5 rings (SSSR count). The van der Waals surface area contributed by atoms with Crippen LogP contribution in [0.4, 0.5) is 5.69 Å². The van der Waals surface area contributed by atoms with Crippen molar-refractivity contribution in [1.29, 1.82) is 0 Å². The molecular weight excluding hydrogens is 438 g/mol. The molecule has 0 bridgehead atoms. The summed E-state index contributed by atoms with van der Waals surface area (Å²) in [4.78, 5) is 17.2. The zero-order chi connectivity index (χ0) is 22.8. The van der Waals surface area contributed by atoms with E-state index in [0.29, 0.717) is 29.1 Å². The topological polar surface area (TPSA) is 91.2 Å². The number of aromatic nitrogens is 4. The fraction of sp³-hybridized carbons (Fsp3) is 0.417. The third-order valence-corrected chi connectivity index (χ3v) is 7.33. The van der Waals surface area contributed by atoms with Gasteiger partial charge in [0.15, 0.2) is 22.5 Å². The second kappa shape index (κ2) is 9.43. The largest absolute Gasteiger partial charge is 0.454 e. The summed E-state index contributed by atoms with van der Waals surface area (Å²) in [6.45, 7) is 4.38. The summed E-state index contributed by atoms with van der Waals surface area (Å²) in [5.74, 6) is 2.55. The highest BCUT2D eigenvalue weighted by Crippen LogP contribution is 2.40. The summed E-state index contributed by atoms with van der Waals surface area (Å²) < 4.78 is 13.0. The number of carbonyl (C=O) groups excluding carboxylic acids is 1. The Bertz CT molecular complexity index is 1140. The molecule has 3 heterocycles. The Labute approximate surface area is 197 Å². The number of hydrogen-bond acceptors (Lipinski definition) is 7. The molecule has 3 atom stereocenters. The van der Waals surface area contributed by atoms with Gasteiger partial charge in [0.05, 0.1) is 5.25 Å². The first-order valence-corrected chi connectivity index (χ1v) is 12.2. The lowest BCUT2D eigenvalue weighted by atomic mass is 9.85. The Balaban J connectivity index is 1.38. The van der Waals surface area contributed by atoms with Crippen molar-refractivity contribution in [2.75, 3.05) is 12.1 Å². The Morgan fingerprint density at radius 3 is 2.85 bits per heavy atom. The third-order valence-electron chi connectivity index (χ3n) is 6.27. The molecule has 9 heteroatoms. The highest BCUT2D eigenvalue weighted by atomic mass is 32.2. The Hall–Kier alpha value is -3.07. The summed E-state index contributed by atoms with van der Waals surface area (Å²) in [5.41, 5.74) is 1.61. The summed E-state index contributed by atoms with van der Waals surface area (Å²) >= 11 is 1.44. The number of anilines is 1. The van der Waals surface area contributed by atoms with Crippen molar-refractivity contribution in [3.05, 3.63) is 42.7 Å². The van der Waals surface area contributed by atoms with E-state index in [9.17, 15) is 4.79 Å². The zero-order valence-electron chi connectivity index (χ0n) is 18.7. The summed E-state index contributed by atoms with van der Waals surface area (Å²) in [7, 11) is 0. The van der Waals surface area contributed by atoms with Gasteiger partial charge in [-0.15, -0.1) is 10.2 Å². The van der Waals surface area contributed by atoms with Gasteiger partial charge in [0.25, 0.3) is 0 Å². The van der Waals surface area contributed by atoms with E-state index < -0.39 is 0 Å². The van der Waals surface area contributed by atoms with Gasteiger partial charge in [-0.3, -0.25) is 14.3 Å². The van der Waals surface area contributed by atoms with Crippen molar-refractivity contribution in [3.63, 3.8) is 0 Å². The van der Waals surface area contributed by atoms with E-state index in [-0.39, 0.29) is 18.0 Å². The molecule has 33 heavy (non-hydrogen) atoms. The number of pyridine rings is 1. The van der Waals surface area contributed by atoms with E-state index in [1.807, 2.05) is 31.3 Å². The number of benzene rings is 1. The summed E-state index contributed by atoms with van der Waals surface area (Å²) in [5, 5.41) is 12.4. The van der Waals surface area contributed by atoms with Crippen molar-refractivity contribution in [2.24, 2.45) is 5.92 Å². The molecule has 0 radical (unpaired) electrons. The van der Waals surface area contributed by atoms with Gasteiger partial charge in [0.1, 0.15) is 0 Å². The number of nitrogens with zero attached hydrogens (tertiary/aromatic N) is 4. The summed E-state index contributed by atoms with van der Waals surface area (Å²) in [6, 6.07) is 9.62. The van der Waals surface area contributed by atoms with Crippen LogP contribution in [0.2, 0.25) is 0 Å². The Morgan fingerprint density at radius 1 is 1.18 bits per heavy atom. The normalized spacial score (nSPS) is 20.4. The van der Waals surface area contributed by atoms with Gasteiger partial charge in [-0.25, -0.2) is 0 Å². The van der Waals surface area contributed by atoms with Gasteiger partial charge >= 0.3 is 0 Å². The number of amides is 1. The fourth-order valence-corrected chi connectivity index (χ4v) is 5.36. The molecule has 172 valence electrons. The molecular formula is C24H27N5O3S. The van der Waals surface area contributed by atoms with Gasteiger partial charge in [0, 0.05) is 35.8 Å². The van der Waals surface area contributed by atoms with Crippen LogP contribution in [-0.4, -0.2) is 37.7 Å². The number of carbonyl (C=O) groups is 1. The molecule has 1 aliphatic heterocycles. The number of hydrogen-bond donors (Lipinski definition) is 1. The minimum absolute atomic E-state index is 0.104. The molecule has 2 aliphatic rings. The quantitative estimate of drug-likeness (QED) is 0.516. The van der Waals surface area contributed by atoms with Crippen LogP contribution >= 0.6 is 11.8 Å². The van der Waals surface area contributed by atoms with Gasteiger partial charge < -0.3 is 14.8 Å². The van der Waals surface area contributed by atoms with Crippen molar-refractivity contribution in [2.45, 2.75) is 56.0 Å². The molecule has 3 aromatic rings. The minimum Gasteiger partial charge on any atom is -0.454 e. The molecule has 0 saturated heterocycles. The maximum absolute atomic E-state index is 13.0. The molecule has 1 aromatic carbocycles. The van der Waals surface area contributed by atoms with Crippen LogP contribution in [0.15, 0.2) is 47.9 Å². The molecule has 0 unspecified atom stereocenters. The third kappa shape index (κ3) is 4.55. The number of rotatable bonds is 6. The first-order chi connectivity index (χ1) is 16.1. The molecule has 0 spiro atoms. The average Bonchev–Trinajstić information content (AvgIpc) is 3.46. The fourth-order valence-electron chi connectivity index (χ4n) is 4.46. The van der Waals surface area contributed by atoms with E-state index >= 15 is 0 Å². The van der Waals surface area contributed by atoms with Crippen LogP contribution in [0, 0.1) is 5.92 Å². The predicted octanol–water partition coefficient (Wildman–Crippen LogP) is 4.94. The number of nitrogens with one attached hydrogen (secondary N) is 1. The van der Waals surface area contributed by atoms with E-state index in [0.717, 1.165) is 23.0 Å². The van der Waals surface area contributed by atoms with Crippen LogP contribution in [0.25, 0.3) is 11.4 Å². The lowest BCUT2D eigenvalue weighted by molar-refractivity contribution is -0.115. The zero-order valence-corrected chi connectivity index (χ0v) is 19.5. The van der Waals surface area contributed by atoms with Crippen molar-refractivity contribution in [1.82, 2.24) is 19.7 Å². The molecule has 2 aromatic heterocycles.